The molecule has 0 radical (unpaired) electrons. The molecule has 1 aromatic carbocycles. The topological polar surface area (TPSA) is 57.5 Å². The Kier molecular flexibility index (Phi) is 2.93. The average molecular weight is 245 g/mol. The summed E-state index contributed by atoms with van der Waals surface area (Å²) in [5, 5.41) is 18.0. The Labute approximate surface area is 84.1 Å². The molecular weight excluding hydrogens is 236 g/mol. The molecule has 0 aliphatic carbocycles. The second-order valence-electron chi connectivity index (χ2n) is 2.77. The summed E-state index contributed by atoms with van der Waals surface area (Å²) in [4.78, 5) is 10.6. The normalized spacial score (nSPS) is 12.5. The first-order valence-electron chi connectivity index (χ1n) is 3.73. The van der Waals surface area contributed by atoms with E-state index >= 15 is 0 Å². The van der Waals surface area contributed by atoms with Crippen LogP contribution in [0.4, 0.5) is 0 Å². The molecule has 0 amide bonds. The fourth-order valence-corrected chi connectivity index (χ4v) is 1.19. The van der Waals surface area contributed by atoms with E-state index in [1.54, 1.807) is 19.1 Å². The zero-order chi connectivity index (χ0) is 10.0. The largest absolute Gasteiger partial charge is 0.507 e. The van der Waals surface area contributed by atoms with Gasteiger partial charge in [0.15, 0.2) is 0 Å². The van der Waals surface area contributed by atoms with Gasteiger partial charge in [0.1, 0.15) is 5.75 Å². The van der Waals surface area contributed by atoms with Gasteiger partial charge in [0.25, 0.3) is 0 Å². The van der Waals surface area contributed by atoms with E-state index in [4.69, 9.17) is 5.11 Å². The maximum atomic E-state index is 10.6. The van der Waals surface area contributed by atoms with Crippen LogP contribution in [0.2, 0.25) is 0 Å². The molecule has 0 aliphatic heterocycles. The summed E-state index contributed by atoms with van der Waals surface area (Å²) in [5.41, 5.74) is 0.591. The number of phenols is 1. The van der Waals surface area contributed by atoms with Gasteiger partial charge in [-0.3, -0.25) is 4.79 Å². The molecule has 0 saturated heterocycles. The van der Waals surface area contributed by atoms with Crippen LogP contribution in [0, 0.1) is 0 Å². The molecule has 0 fully saturated rings. The van der Waals surface area contributed by atoms with Gasteiger partial charge in [0, 0.05) is 0 Å². The van der Waals surface area contributed by atoms with Crippen LogP contribution >= 0.6 is 15.9 Å². The highest BCUT2D eigenvalue weighted by molar-refractivity contribution is 9.10. The minimum atomic E-state index is -0.901. The monoisotopic (exact) mass is 244 g/mol. The lowest BCUT2D eigenvalue weighted by molar-refractivity contribution is -0.138. The first kappa shape index (κ1) is 10.1. The molecule has 13 heavy (non-hydrogen) atoms. The molecule has 4 heteroatoms. The summed E-state index contributed by atoms with van der Waals surface area (Å²) in [6.45, 7) is 1.57. The number of aliphatic carboxylic acids is 1. The standard InChI is InChI=1S/C9H9BrO3/c1-5(9(12)13)6-2-3-7(10)8(11)4-6/h2-5,11H,1H3,(H,12,13). The Hall–Kier alpha value is -1.03. The fraction of sp³-hybridized carbons (Fsp3) is 0.222. The number of hydrogen-bond acceptors (Lipinski definition) is 2. The number of rotatable bonds is 2. The van der Waals surface area contributed by atoms with E-state index < -0.39 is 11.9 Å². The first-order valence-corrected chi connectivity index (χ1v) is 4.53. The molecule has 0 bridgehead atoms. The first-order chi connectivity index (χ1) is 6.02. The van der Waals surface area contributed by atoms with Gasteiger partial charge in [-0.25, -0.2) is 0 Å². The van der Waals surface area contributed by atoms with Crippen LogP contribution in [0.3, 0.4) is 0 Å². The Balaban J connectivity index is 3.03. The van der Waals surface area contributed by atoms with Gasteiger partial charge in [-0.05, 0) is 40.5 Å². The lowest BCUT2D eigenvalue weighted by Gasteiger charge is -2.07. The second-order valence-corrected chi connectivity index (χ2v) is 3.63. The van der Waals surface area contributed by atoms with Crippen molar-refractivity contribution in [1.82, 2.24) is 0 Å². The van der Waals surface area contributed by atoms with E-state index in [2.05, 4.69) is 15.9 Å². The quantitative estimate of drug-likeness (QED) is 0.840. The maximum absolute atomic E-state index is 10.6. The second kappa shape index (κ2) is 3.79. The van der Waals surface area contributed by atoms with E-state index in [-0.39, 0.29) is 5.75 Å². The summed E-state index contributed by atoms with van der Waals surface area (Å²) >= 11 is 3.12. The van der Waals surface area contributed by atoms with Gasteiger partial charge < -0.3 is 10.2 Å². The Morgan fingerprint density at radius 3 is 2.62 bits per heavy atom. The van der Waals surface area contributed by atoms with Crippen molar-refractivity contribution in [3.8, 4) is 5.75 Å². The van der Waals surface area contributed by atoms with Crippen molar-refractivity contribution in [2.45, 2.75) is 12.8 Å². The van der Waals surface area contributed by atoms with Gasteiger partial charge in [-0.2, -0.15) is 0 Å². The van der Waals surface area contributed by atoms with Crippen molar-refractivity contribution in [2.24, 2.45) is 0 Å². The Morgan fingerprint density at radius 2 is 2.15 bits per heavy atom. The van der Waals surface area contributed by atoms with Crippen LogP contribution in [0.25, 0.3) is 0 Å². The molecule has 0 spiro atoms. The van der Waals surface area contributed by atoms with Gasteiger partial charge >= 0.3 is 5.97 Å². The number of carboxylic acid groups (broad SMARTS) is 1. The lowest BCUT2D eigenvalue weighted by Crippen LogP contribution is -2.06. The molecule has 1 unspecified atom stereocenters. The third-order valence-electron chi connectivity index (χ3n) is 1.84. The number of halogens is 1. The van der Waals surface area contributed by atoms with E-state index in [0.717, 1.165) is 0 Å². The van der Waals surface area contributed by atoms with Crippen molar-refractivity contribution < 1.29 is 15.0 Å². The average Bonchev–Trinajstić information content (AvgIpc) is 2.08. The van der Waals surface area contributed by atoms with Crippen molar-refractivity contribution in [3.05, 3.63) is 28.2 Å². The zero-order valence-corrected chi connectivity index (χ0v) is 8.58. The summed E-state index contributed by atoms with van der Waals surface area (Å²) in [5.74, 6) is -1.44. The van der Waals surface area contributed by atoms with E-state index in [0.29, 0.717) is 10.0 Å². The number of phenolic OH excluding ortho intramolecular Hbond substituents is 1. The molecule has 1 atom stereocenters. The molecule has 3 nitrogen and oxygen atoms in total. The number of hydrogen-bond donors (Lipinski definition) is 2. The lowest BCUT2D eigenvalue weighted by atomic mass is 10.0. The van der Waals surface area contributed by atoms with Gasteiger partial charge in [0.05, 0.1) is 10.4 Å². The van der Waals surface area contributed by atoms with Crippen LogP contribution in [-0.2, 0) is 4.79 Å². The minimum absolute atomic E-state index is 0.0607. The van der Waals surface area contributed by atoms with Crippen molar-refractivity contribution >= 4 is 21.9 Å². The van der Waals surface area contributed by atoms with E-state index in [1.165, 1.54) is 6.07 Å². The molecule has 1 rings (SSSR count). The summed E-state index contributed by atoms with van der Waals surface area (Å²) < 4.78 is 0.564. The maximum Gasteiger partial charge on any atom is 0.310 e. The molecule has 2 N–H and O–H groups in total. The number of aromatic hydroxyl groups is 1. The Morgan fingerprint density at radius 1 is 1.54 bits per heavy atom. The minimum Gasteiger partial charge on any atom is -0.507 e. The van der Waals surface area contributed by atoms with Gasteiger partial charge in [-0.15, -0.1) is 0 Å². The summed E-state index contributed by atoms with van der Waals surface area (Å²) in [7, 11) is 0. The highest BCUT2D eigenvalue weighted by Gasteiger charge is 2.14. The predicted molar refractivity (Wildman–Crippen MR) is 51.9 cm³/mol. The number of benzene rings is 1. The van der Waals surface area contributed by atoms with Crippen molar-refractivity contribution in [3.63, 3.8) is 0 Å². The van der Waals surface area contributed by atoms with Crippen LogP contribution < -0.4 is 0 Å². The smallest absolute Gasteiger partial charge is 0.310 e. The molecule has 1 aromatic rings. The summed E-state index contributed by atoms with van der Waals surface area (Å²) in [6.07, 6.45) is 0. The third-order valence-corrected chi connectivity index (χ3v) is 2.51. The van der Waals surface area contributed by atoms with E-state index in [1.807, 2.05) is 0 Å². The Bertz CT molecular complexity index is 336. The zero-order valence-electron chi connectivity index (χ0n) is 6.99. The van der Waals surface area contributed by atoms with E-state index in [9.17, 15) is 9.90 Å². The van der Waals surface area contributed by atoms with Gasteiger partial charge in [-0.1, -0.05) is 6.07 Å². The van der Waals surface area contributed by atoms with Crippen molar-refractivity contribution in [1.29, 1.82) is 0 Å². The van der Waals surface area contributed by atoms with Crippen molar-refractivity contribution in [2.75, 3.05) is 0 Å². The third kappa shape index (κ3) is 2.21. The van der Waals surface area contributed by atoms with Crippen LogP contribution in [0.5, 0.6) is 5.75 Å². The molecule has 0 heterocycles. The van der Waals surface area contributed by atoms with Crippen LogP contribution in [0.15, 0.2) is 22.7 Å². The number of carbonyl (C=O) groups is 1. The summed E-state index contributed by atoms with van der Waals surface area (Å²) in [6, 6.07) is 4.75. The van der Waals surface area contributed by atoms with Crippen LogP contribution in [0.1, 0.15) is 18.4 Å². The number of carboxylic acids is 1. The predicted octanol–water partition coefficient (Wildman–Crippen LogP) is 2.34. The molecule has 70 valence electrons. The van der Waals surface area contributed by atoms with Crippen LogP contribution in [-0.4, -0.2) is 16.2 Å². The molecule has 0 aromatic heterocycles. The SMILES string of the molecule is CC(C(=O)O)c1ccc(Br)c(O)c1. The molecule has 0 saturated carbocycles. The fourth-order valence-electron chi connectivity index (χ4n) is 0.942. The highest BCUT2D eigenvalue weighted by Crippen LogP contribution is 2.27. The molecular formula is C9H9BrO3. The highest BCUT2D eigenvalue weighted by atomic mass is 79.9. The molecule has 0 aliphatic rings. The van der Waals surface area contributed by atoms with Gasteiger partial charge in [0.2, 0.25) is 0 Å².